The molecule has 0 aromatic carbocycles. The van der Waals surface area contributed by atoms with Gasteiger partial charge >= 0.3 is 0 Å². The molecule has 0 aromatic rings. The van der Waals surface area contributed by atoms with Crippen LogP contribution in [0, 0.1) is 791 Å². The summed E-state index contributed by atoms with van der Waals surface area (Å²) >= 11 is 0. The van der Waals surface area contributed by atoms with E-state index >= 15 is 0 Å². The van der Waals surface area contributed by atoms with Gasteiger partial charge in [-0.25, -0.2) is 0 Å². The molecule has 142 atom stereocenters. The van der Waals surface area contributed by atoms with Crippen molar-refractivity contribution in [2.75, 3.05) is 0 Å². The highest BCUT2D eigenvalue weighted by atomic mass is 16.0. The van der Waals surface area contributed by atoms with Crippen LogP contribution >= 0.6 is 0 Å². The molecule has 0 bridgehead atoms. The minimum absolute atomic E-state index is 1.08. The molecule has 0 heteroatoms. The summed E-state index contributed by atoms with van der Waals surface area (Å²) in [7, 11) is 0. The van der Waals surface area contributed by atoms with E-state index in [9.17, 15) is 0 Å². The van der Waals surface area contributed by atoms with E-state index in [0.29, 0.717) is 0 Å². The van der Waals surface area contributed by atoms with Gasteiger partial charge in [0.05, 0.1) is 0 Å². The van der Waals surface area contributed by atoms with Crippen LogP contribution < -0.4 is 0 Å². The number of fused-ring (bicyclic) bond motifs is 33. The molecule has 142 unspecified atom stereocenters. The highest BCUT2D eigenvalue weighted by molar-refractivity contribution is 7.09. The molecule has 0 saturated heterocycles. The molecular weight excluding hydrogens is 1780 g/mol. The minimum atomic E-state index is 1.08. The molecule has 0 heterocycles. The Labute approximate surface area is 823 Å². The lowest BCUT2D eigenvalue weighted by atomic mass is 8.15. The Kier molecular flexibility index (Phi) is 1.79. The van der Waals surface area contributed by atoms with Crippen molar-refractivity contribution in [2.24, 2.45) is 488 Å². The predicted octanol–water partition coefficient (Wildman–Crippen LogP) is 12.3. The van der Waals surface area contributed by atoms with Gasteiger partial charge in [0.15, 0.2) is 0 Å². The molecule has 0 aliphatic heterocycles. The normalized spacial score (nSPS) is 160. The summed E-state index contributed by atoms with van der Waals surface area (Å²) < 4.78 is 0. The first-order valence-electron chi connectivity index (χ1n) is 73.8. The molecule has 148 heavy (non-hydrogen) atoms. The summed E-state index contributed by atoms with van der Waals surface area (Å²) in [6.07, 6.45) is 11.7. The van der Waals surface area contributed by atoms with Crippen molar-refractivity contribution in [3.8, 4) is 0 Å². The molecule has 121 saturated carbocycles. The summed E-state index contributed by atoms with van der Waals surface area (Å²) in [4.78, 5) is 0. The Balaban J connectivity index is 0.492. The van der Waals surface area contributed by atoms with Crippen LogP contribution in [-0.4, -0.2) is 0 Å². The van der Waals surface area contributed by atoms with Crippen LogP contribution in [0.4, 0.5) is 0 Å². The summed E-state index contributed by atoms with van der Waals surface area (Å²) in [6.45, 7) is 0. The van der Waals surface area contributed by atoms with Crippen molar-refractivity contribution >= 4 is 0 Å². The van der Waals surface area contributed by atoms with Crippen molar-refractivity contribution in [1.82, 2.24) is 0 Å². The summed E-state index contributed by atoms with van der Waals surface area (Å²) in [5, 5.41) is 0. The molecule has 0 amide bonds. The third-order valence-corrected chi connectivity index (χ3v) is 142. The zero-order chi connectivity index (χ0) is 78.6. The van der Waals surface area contributed by atoms with E-state index in [1.54, 1.807) is 0 Å². The largest absolute Gasteiger partial charge is 0.0527 e. The maximum absolute atomic E-state index is 2.00. The fraction of sp³-hybridized carbons (Fsp3) is 1.00. The number of hydrogen-bond donors (Lipinski definition) is 0. The van der Waals surface area contributed by atoms with Crippen LogP contribution in [0.2, 0.25) is 0 Å². The van der Waals surface area contributed by atoms with Crippen LogP contribution in [-0.2, 0) is 0 Å². The Morgan fingerprint density at radius 3 is 0.432 bits per heavy atom. The fourth-order valence-corrected chi connectivity index (χ4v) is 192. The highest BCUT2D eigenvalue weighted by Gasteiger charge is 3.98. The van der Waals surface area contributed by atoms with Gasteiger partial charge in [0.2, 0.25) is 0 Å². The third kappa shape index (κ3) is 0.761. The lowest BCUT2D eigenvalue weighted by Crippen LogP contribution is -3.80. The van der Waals surface area contributed by atoms with Gasteiger partial charge < -0.3 is 0 Å². The molecule has 0 N–H and O–H groups in total. The topological polar surface area (TPSA) is 0 Å². The molecule has 121 aliphatic carbocycles. The molecule has 121 fully saturated rings. The zero-order valence-electron chi connectivity index (χ0n) is 78.6. The summed E-state index contributed by atoms with van der Waals surface area (Å²) in [5.41, 5.74) is 114. The van der Waals surface area contributed by atoms with Crippen LogP contribution in [0.15, 0.2) is 0 Å². The third-order valence-electron chi connectivity index (χ3n) is 142. The molecule has 0 aromatic heterocycles. The molecular formula is C148H56. The van der Waals surface area contributed by atoms with Gasteiger partial charge in [-0.2, -0.15) is 0 Å². The van der Waals surface area contributed by atoms with Crippen molar-refractivity contribution in [3.05, 3.63) is 303 Å². The van der Waals surface area contributed by atoms with Crippen LogP contribution in [0.25, 0.3) is 0 Å². The molecule has 121 rings (SSSR count). The van der Waals surface area contributed by atoms with Crippen LogP contribution in [0.1, 0.15) is 38.5 Å². The Hall–Kier alpha value is 0. The molecule has 648 valence electrons. The van der Waals surface area contributed by atoms with Gasteiger partial charge in [0.25, 0.3) is 0 Å². The smallest absolute Gasteiger partial charge is 0.000000408 e. The number of rotatable bonds is 0. The first-order chi connectivity index (χ1) is 73.8. The van der Waals surface area contributed by atoms with Crippen LogP contribution in [0.5, 0.6) is 0 Å². The van der Waals surface area contributed by atoms with Gasteiger partial charge in [-0.3, -0.25) is 0 Å². The van der Waals surface area contributed by atoms with E-state index in [2.05, 4.69) is 0 Å². The second-order valence-electron chi connectivity index (χ2n) is 101. The standard InChI is InChI=1S/C148H56/c1-2-7-4-9-17-25-34-39-43-47-48-44-40-35-28-20-12-5-10-18-26-33-27-19-11-6-13-21-29-36-41-45-49-50-46-42-38-32-24-16-8(3-1)15-23-31-37-30-22-14(7)53(9)59(17)67(25)75(34)79(39)83(43)87(47)85(48)81(44)77(40)73(35)65(28)57(20)51(10,12)55(18)63(26)71(33)64(27)56(19)52(11,13)58(21)66(29)74(36)78(41)82(45)86(49)88(50)84(46)80(42)76(38)70(32)62(24)54(15,16)61(23)69(31)72(37)68(30)60(22,53)91(59)97(67)105(75)109(79)113(83)117(87)115(85)111(81)107(77)103(73)95(65)89(55,57)93(63)101(71)94(64)90(56,58)96(66)104(74)108(78)112(82)116(86)118(88)114(84)110(80)106(76)100(70)92(61,62)99(69)102(72)98(68,91)121(97)124(102)122(99,100)128(106)132(110)136(114)140(118)138(116)134(112)130(108)126(104)120(94,96)123(101)119(93,95)125(103)129(107)133(111)137(115)139(117)135(113)131(109)127(105,121)142(124,128)144(131,132)146(135,136)148(139,140)147(137,138)145(133,134)143(129,130)141(123,125)126/h7-50H,1-6H2. The van der Waals surface area contributed by atoms with Crippen molar-refractivity contribution in [2.45, 2.75) is 38.5 Å². The first-order valence-corrected chi connectivity index (χ1v) is 73.8. The van der Waals surface area contributed by atoms with Crippen molar-refractivity contribution < 1.29 is 0 Å². The lowest BCUT2D eigenvalue weighted by molar-refractivity contribution is -1.07. The summed E-state index contributed by atoms with van der Waals surface area (Å²) in [5.74, 6) is 64.8. The second-order valence-corrected chi connectivity index (χ2v) is 101. The Morgan fingerprint density at radius 2 is 0.223 bits per heavy atom. The van der Waals surface area contributed by atoms with Crippen molar-refractivity contribution in [3.63, 3.8) is 0 Å². The van der Waals surface area contributed by atoms with Gasteiger partial charge in [-0.1, -0.05) is 12.8 Å². The predicted molar refractivity (Wildman–Crippen MR) is 465 cm³/mol. The number of hydrogen-bond acceptors (Lipinski definition) is 0. The molecule has 98 spiro atoms. The van der Waals surface area contributed by atoms with Gasteiger partial charge in [-0.15, -0.1) is 0 Å². The van der Waals surface area contributed by atoms with E-state index < -0.39 is 0 Å². The van der Waals surface area contributed by atoms with Gasteiger partial charge in [-0.05, 0) is 817 Å². The van der Waals surface area contributed by atoms with Crippen molar-refractivity contribution in [1.29, 1.82) is 0 Å². The fourth-order valence-electron chi connectivity index (χ4n) is 192. The van der Waals surface area contributed by atoms with Gasteiger partial charge in [0.1, 0.15) is 0 Å². The zero-order valence-corrected chi connectivity index (χ0v) is 78.6. The maximum atomic E-state index is 2.00. The maximum Gasteiger partial charge on any atom is -0.000000408 e. The first kappa shape index (κ1) is 44.5. The minimum Gasteiger partial charge on any atom is -0.0527 e. The monoisotopic (exact) mass is 1830 g/mol. The van der Waals surface area contributed by atoms with Gasteiger partial charge in [0, 0.05) is 0 Å². The average Bonchev–Trinajstić information content (AvgIpc) is 0.391. The van der Waals surface area contributed by atoms with E-state index in [-0.39, 0.29) is 0 Å². The highest BCUT2D eigenvalue weighted by Crippen LogP contribution is 4.04. The quantitative estimate of drug-likeness (QED) is 0.227. The summed E-state index contributed by atoms with van der Waals surface area (Å²) in [6, 6.07) is 0. The second kappa shape index (κ2) is 5.94. The molecule has 0 nitrogen and oxygen atoms in total. The Morgan fingerprint density at radius 1 is 0.0878 bits per heavy atom. The van der Waals surface area contributed by atoms with E-state index in [1.807, 2.05) is 38.5 Å². The Bertz CT molecular complexity index is 13300. The van der Waals surface area contributed by atoms with E-state index in [0.717, 1.165) is 255 Å². The molecule has 121 aliphatic rings. The van der Waals surface area contributed by atoms with E-state index in [1.165, 1.54) is 537 Å². The lowest BCUT2D eigenvalue weighted by Gasteiger charge is -3.87. The van der Waals surface area contributed by atoms with E-state index in [4.69, 9.17) is 0 Å². The van der Waals surface area contributed by atoms with Crippen LogP contribution in [0.3, 0.4) is 0 Å². The molecule has 0 radical (unpaired) electrons. The average molecular weight is 1830 g/mol. The SMILES string of the molecule is C1CC2CC3C4C5C6C7C8C9C%10C%11C%12C%13C%14C%15C%16CC%17C%18C%19C%20C%21C%22C%23CC%24C%25C%26C%27C%28C%29C%30C%31C%32C%33C%34C%35C%36C%37C(C1)C1C%38C%39C%40C%41C%42C2C32C%423C%41%42C%40%41C%39%40C%38%39C1%37C%361C%35%36C%34%35C%33%34C%32%33C%31%32C%30%31C%29%30C%28%29C%27%28C%26%27C%25%26C%23%24C%22%23C%21%22C%20%21C%19%20C%18%19C%17%16C%15%16C%14%15C%13%14C%12%13C%11%12C%10%11C9%10C89C78C67C56C42C32C%423C%414C%405C%391C%361C%35%17C%34%18C%33%24C%32%25C%31%32C%30%31C%29%30C%28%29C%27%28C%23%26C%22%23C%21%22C%20%21C%19%16C%15%16C%14%15C%13%14C%12%13C%11%12C%10%11C9%10C89C78C62C32C43C51C%171C%184C%245C%256C%327C%31%17C%30%18C%29%19C%23%28C%22%20C%21%16C%15%16C%14%15C%13%14C%12%13C%11%12C%10%11C9%10C82C31C%104C%115C%126C%137C%14%17C%15%18C%20%16%19.